The minimum Gasteiger partial charge on any atom is -0.310 e. The molecular formula is C43H29NS2. The molecule has 1 aliphatic carbocycles. The lowest BCUT2D eigenvalue weighted by Crippen LogP contribution is -2.15. The Hall–Kier alpha value is -4.96. The summed E-state index contributed by atoms with van der Waals surface area (Å²) in [6.07, 6.45) is 0. The fraction of sp³-hybridized carbons (Fsp3) is 0.0698. The lowest BCUT2D eigenvalue weighted by molar-refractivity contribution is 0.660. The van der Waals surface area contributed by atoms with Crippen molar-refractivity contribution >= 4 is 90.9 Å². The molecule has 0 aliphatic heterocycles. The molecule has 0 saturated carbocycles. The molecule has 0 atom stereocenters. The van der Waals surface area contributed by atoms with Gasteiger partial charge in [0.2, 0.25) is 0 Å². The van der Waals surface area contributed by atoms with Crippen LogP contribution >= 0.6 is 22.7 Å². The van der Waals surface area contributed by atoms with E-state index < -0.39 is 0 Å². The van der Waals surface area contributed by atoms with E-state index in [4.69, 9.17) is 0 Å². The fourth-order valence-corrected chi connectivity index (χ4v) is 10.0. The van der Waals surface area contributed by atoms with Gasteiger partial charge in [0, 0.05) is 62.8 Å². The van der Waals surface area contributed by atoms with E-state index in [0.717, 1.165) is 5.69 Å². The summed E-state index contributed by atoms with van der Waals surface area (Å²) in [6, 6.07) is 52.2. The molecule has 1 nitrogen and oxygen atoms in total. The van der Waals surface area contributed by atoms with Gasteiger partial charge in [0.25, 0.3) is 0 Å². The normalized spacial score (nSPS) is 13.6. The van der Waals surface area contributed by atoms with E-state index in [1.54, 1.807) is 0 Å². The Labute approximate surface area is 275 Å². The molecule has 218 valence electrons. The Balaban J connectivity index is 1.22. The van der Waals surface area contributed by atoms with Crippen molar-refractivity contribution in [1.82, 2.24) is 0 Å². The largest absolute Gasteiger partial charge is 0.310 e. The molecule has 0 bridgehead atoms. The Bertz CT molecular complexity index is 2690. The van der Waals surface area contributed by atoms with Crippen LogP contribution in [0.25, 0.3) is 62.2 Å². The first-order valence-corrected chi connectivity index (χ1v) is 17.5. The quantitative estimate of drug-likeness (QED) is 0.189. The van der Waals surface area contributed by atoms with Crippen LogP contribution in [0.4, 0.5) is 17.1 Å². The van der Waals surface area contributed by atoms with Crippen molar-refractivity contribution in [2.75, 3.05) is 4.90 Å². The van der Waals surface area contributed by atoms with Crippen molar-refractivity contribution in [3.63, 3.8) is 0 Å². The molecule has 0 unspecified atom stereocenters. The van der Waals surface area contributed by atoms with Gasteiger partial charge < -0.3 is 4.90 Å². The van der Waals surface area contributed by atoms with Crippen LogP contribution in [-0.2, 0) is 5.41 Å². The average molecular weight is 624 g/mol. The van der Waals surface area contributed by atoms with Crippen LogP contribution < -0.4 is 4.90 Å². The molecule has 0 radical (unpaired) electrons. The second-order valence-electron chi connectivity index (χ2n) is 13.0. The molecule has 2 heterocycles. The molecule has 46 heavy (non-hydrogen) atoms. The zero-order valence-electron chi connectivity index (χ0n) is 25.5. The van der Waals surface area contributed by atoms with E-state index in [-0.39, 0.29) is 5.41 Å². The van der Waals surface area contributed by atoms with E-state index in [2.05, 4.69) is 158 Å². The molecule has 0 N–H and O–H groups in total. The zero-order chi connectivity index (χ0) is 30.6. The number of benzene rings is 7. The number of hydrogen-bond acceptors (Lipinski definition) is 3. The second-order valence-corrected chi connectivity index (χ2v) is 15.1. The van der Waals surface area contributed by atoms with E-state index in [1.807, 2.05) is 22.7 Å². The van der Waals surface area contributed by atoms with Gasteiger partial charge in [-0.2, -0.15) is 0 Å². The first kappa shape index (κ1) is 26.3. The third kappa shape index (κ3) is 3.67. The molecule has 1 aliphatic rings. The maximum atomic E-state index is 2.45. The van der Waals surface area contributed by atoms with Crippen molar-refractivity contribution in [2.45, 2.75) is 19.3 Å². The van der Waals surface area contributed by atoms with Crippen molar-refractivity contribution in [3.05, 3.63) is 151 Å². The maximum absolute atomic E-state index is 2.45. The number of fused-ring (bicyclic) bond motifs is 11. The van der Waals surface area contributed by atoms with Crippen molar-refractivity contribution < 1.29 is 0 Å². The summed E-state index contributed by atoms with van der Waals surface area (Å²) in [4.78, 5) is 2.45. The SMILES string of the molecule is CC1(C)c2ccccc2-c2cc(N(c3ccc4c(ccc5sc6ccccc6c54)c3)c3ccc4sc5ccccc5c4c3)ccc21. The standard InChI is InChI=1S/C43H29NS2/c1-43(2)36-12-6-3-9-31(36)34-24-28(17-20-37(34)43)44(29-18-22-40-35(25-29)32-10-4-7-13-38(32)45-40)27-16-19-30-26(23-27)15-21-41-42(30)33-11-5-8-14-39(33)46-41/h3-25H,1-2H3. The third-order valence-electron chi connectivity index (χ3n) is 10.0. The van der Waals surface area contributed by atoms with Crippen molar-refractivity contribution in [1.29, 1.82) is 0 Å². The summed E-state index contributed by atoms with van der Waals surface area (Å²) in [7, 11) is 0. The lowest BCUT2D eigenvalue weighted by Gasteiger charge is -2.27. The monoisotopic (exact) mass is 623 g/mol. The van der Waals surface area contributed by atoms with Gasteiger partial charge in [-0.05, 0) is 93.7 Å². The summed E-state index contributed by atoms with van der Waals surface area (Å²) < 4.78 is 5.33. The van der Waals surface area contributed by atoms with Crippen LogP contribution in [0, 0.1) is 0 Å². The summed E-state index contributed by atoms with van der Waals surface area (Å²) in [5.74, 6) is 0. The van der Waals surface area contributed by atoms with Crippen LogP contribution in [0.1, 0.15) is 25.0 Å². The van der Waals surface area contributed by atoms with Gasteiger partial charge in [-0.3, -0.25) is 0 Å². The van der Waals surface area contributed by atoms with E-state index >= 15 is 0 Å². The number of nitrogens with zero attached hydrogens (tertiary/aromatic N) is 1. The molecule has 10 rings (SSSR count). The van der Waals surface area contributed by atoms with Crippen LogP contribution in [0.3, 0.4) is 0 Å². The Morgan fingerprint density at radius 1 is 0.435 bits per heavy atom. The van der Waals surface area contributed by atoms with Gasteiger partial charge in [0.15, 0.2) is 0 Å². The summed E-state index contributed by atoms with van der Waals surface area (Å²) in [5, 5.41) is 7.89. The minimum absolute atomic E-state index is 0.0264. The molecule has 2 aromatic heterocycles. The van der Waals surface area contributed by atoms with E-state index in [9.17, 15) is 0 Å². The number of anilines is 3. The summed E-state index contributed by atoms with van der Waals surface area (Å²) in [6.45, 7) is 4.70. The van der Waals surface area contributed by atoms with E-state index in [0.29, 0.717) is 0 Å². The van der Waals surface area contributed by atoms with Gasteiger partial charge in [0.1, 0.15) is 0 Å². The number of thiophene rings is 2. The van der Waals surface area contributed by atoms with E-state index in [1.165, 1.54) is 84.7 Å². The van der Waals surface area contributed by atoms with Crippen molar-refractivity contribution in [3.8, 4) is 11.1 Å². The van der Waals surface area contributed by atoms with Crippen LogP contribution in [0.2, 0.25) is 0 Å². The van der Waals surface area contributed by atoms with Crippen LogP contribution in [-0.4, -0.2) is 0 Å². The maximum Gasteiger partial charge on any atom is 0.0468 e. The average Bonchev–Trinajstić information content (AvgIpc) is 3.73. The first-order valence-electron chi connectivity index (χ1n) is 15.8. The fourth-order valence-electron chi connectivity index (χ4n) is 7.83. The second kappa shape index (κ2) is 9.53. The Morgan fingerprint density at radius 2 is 1.04 bits per heavy atom. The molecule has 0 saturated heterocycles. The number of hydrogen-bond donors (Lipinski definition) is 0. The topological polar surface area (TPSA) is 3.24 Å². The minimum atomic E-state index is -0.0264. The molecule has 7 aromatic carbocycles. The Kier molecular flexibility index (Phi) is 5.44. The highest BCUT2D eigenvalue weighted by molar-refractivity contribution is 7.26. The van der Waals surface area contributed by atoms with Gasteiger partial charge >= 0.3 is 0 Å². The Morgan fingerprint density at radius 3 is 1.93 bits per heavy atom. The predicted molar refractivity (Wildman–Crippen MR) is 202 cm³/mol. The van der Waals surface area contributed by atoms with Gasteiger partial charge in [-0.15, -0.1) is 22.7 Å². The molecular weight excluding hydrogens is 595 g/mol. The molecule has 0 spiro atoms. The highest BCUT2D eigenvalue weighted by Gasteiger charge is 2.35. The number of rotatable bonds is 3. The predicted octanol–water partition coefficient (Wildman–Crippen LogP) is 13.4. The zero-order valence-corrected chi connectivity index (χ0v) is 27.2. The lowest BCUT2D eigenvalue weighted by atomic mass is 9.82. The first-order chi connectivity index (χ1) is 22.5. The highest BCUT2D eigenvalue weighted by Crippen LogP contribution is 2.51. The molecule has 3 heteroatoms. The highest BCUT2D eigenvalue weighted by atomic mass is 32.1. The molecule has 9 aromatic rings. The summed E-state index contributed by atoms with van der Waals surface area (Å²) in [5.41, 5.74) is 8.94. The smallest absolute Gasteiger partial charge is 0.0468 e. The van der Waals surface area contributed by atoms with Gasteiger partial charge in [-0.25, -0.2) is 0 Å². The van der Waals surface area contributed by atoms with Crippen LogP contribution in [0.15, 0.2) is 140 Å². The van der Waals surface area contributed by atoms with Gasteiger partial charge in [-0.1, -0.05) is 92.7 Å². The van der Waals surface area contributed by atoms with Crippen molar-refractivity contribution in [2.24, 2.45) is 0 Å². The summed E-state index contributed by atoms with van der Waals surface area (Å²) >= 11 is 3.75. The molecule has 0 fully saturated rings. The molecule has 0 amide bonds. The van der Waals surface area contributed by atoms with Crippen LogP contribution in [0.5, 0.6) is 0 Å². The van der Waals surface area contributed by atoms with Gasteiger partial charge in [0.05, 0.1) is 0 Å². The third-order valence-corrected chi connectivity index (χ3v) is 12.3.